The summed E-state index contributed by atoms with van der Waals surface area (Å²) in [6, 6.07) is 10.1. The first kappa shape index (κ1) is 11.6. The van der Waals surface area contributed by atoms with Gasteiger partial charge in [0.05, 0.1) is 5.38 Å². The Morgan fingerprint density at radius 2 is 2.00 bits per heavy atom. The Morgan fingerprint density at radius 3 is 2.60 bits per heavy atom. The predicted octanol–water partition coefficient (Wildman–Crippen LogP) is 5.60. The highest BCUT2D eigenvalue weighted by Crippen LogP contribution is 2.36. The summed E-state index contributed by atoms with van der Waals surface area (Å²) in [5, 5.41) is 1.96. The van der Waals surface area contributed by atoms with E-state index in [0.717, 1.165) is 14.5 Å². The maximum atomic E-state index is 6.40. The van der Waals surface area contributed by atoms with Crippen LogP contribution in [0.4, 0.5) is 0 Å². The monoisotopic (exact) mass is 364 g/mol. The molecule has 1 atom stereocenters. The van der Waals surface area contributed by atoms with E-state index >= 15 is 0 Å². The number of rotatable bonds is 2. The third-order valence-corrected chi connectivity index (χ3v) is 4.75. The molecule has 4 heteroatoms. The SMILES string of the molecule is ClC(c1cccs1)c1ccc(Br)cc1Br. The van der Waals surface area contributed by atoms with Crippen molar-refractivity contribution in [3.8, 4) is 0 Å². The van der Waals surface area contributed by atoms with E-state index in [1.807, 2.05) is 29.6 Å². The lowest BCUT2D eigenvalue weighted by Crippen LogP contribution is -1.91. The van der Waals surface area contributed by atoms with Crippen molar-refractivity contribution in [2.45, 2.75) is 5.38 Å². The zero-order valence-electron chi connectivity index (χ0n) is 7.58. The minimum absolute atomic E-state index is 0.0764. The Hall–Kier alpha value is 0.170. The molecule has 1 aromatic carbocycles. The van der Waals surface area contributed by atoms with Crippen molar-refractivity contribution in [2.24, 2.45) is 0 Å². The second kappa shape index (κ2) is 5.00. The number of halogens is 3. The largest absolute Gasteiger partial charge is 0.147 e. The normalized spacial score (nSPS) is 12.7. The van der Waals surface area contributed by atoms with Crippen LogP contribution in [0.15, 0.2) is 44.7 Å². The molecule has 0 N–H and O–H groups in total. The Kier molecular flexibility index (Phi) is 3.88. The van der Waals surface area contributed by atoms with Gasteiger partial charge in [0.2, 0.25) is 0 Å². The van der Waals surface area contributed by atoms with Gasteiger partial charge in [-0.05, 0) is 29.1 Å². The van der Waals surface area contributed by atoms with Crippen LogP contribution in [0.2, 0.25) is 0 Å². The fraction of sp³-hybridized carbons (Fsp3) is 0.0909. The molecule has 2 aromatic rings. The van der Waals surface area contributed by atoms with Gasteiger partial charge in [-0.2, -0.15) is 0 Å². The van der Waals surface area contributed by atoms with Gasteiger partial charge < -0.3 is 0 Å². The van der Waals surface area contributed by atoms with Gasteiger partial charge in [-0.1, -0.05) is 44.0 Å². The van der Waals surface area contributed by atoms with E-state index in [0.29, 0.717) is 0 Å². The summed E-state index contributed by atoms with van der Waals surface area (Å²) in [6.07, 6.45) is 0. The molecule has 0 radical (unpaired) electrons. The zero-order chi connectivity index (χ0) is 10.8. The highest BCUT2D eigenvalue weighted by atomic mass is 79.9. The number of benzene rings is 1. The molecule has 0 spiro atoms. The first-order valence-electron chi connectivity index (χ1n) is 4.31. The maximum Gasteiger partial charge on any atom is 0.0938 e. The van der Waals surface area contributed by atoms with E-state index in [-0.39, 0.29) is 5.38 Å². The van der Waals surface area contributed by atoms with E-state index in [2.05, 4.69) is 37.9 Å². The standard InChI is InChI=1S/C11H7Br2ClS/c12-7-3-4-8(9(13)6-7)11(14)10-2-1-5-15-10/h1-6,11H. The molecule has 0 aliphatic heterocycles. The van der Waals surface area contributed by atoms with Crippen molar-refractivity contribution in [2.75, 3.05) is 0 Å². The maximum absolute atomic E-state index is 6.40. The lowest BCUT2D eigenvalue weighted by atomic mass is 10.1. The van der Waals surface area contributed by atoms with E-state index in [9.17, 15) is 0 Å². The molecule has 0 aliphatic rings. The Labute approximate surface area is 115 Å². The minimum Gasteiger partial charge on any atom is -0.147 e. The molecule has 15 heavy (non-hydrogen) atoms. The van der Waals surface area contributed by atoms with Gasteiger partial charge in [-0.3, -0.25) is 0 Å². The van der Waals surface area contributed by atoms with Crippen molar-refractivity contribution in [3.05, 3.63) is 55.1 Å². The lowest BCUT2D eigenvalue weighted by molar-refractivity contribution is 1.17. The van der Waals surface area contributed by atoms with Crippen molar-refractivity contribution < 1.29 is 0 Å². The molecular formula is C11H7Br2ClS. The third-order valence-electron chi connectivity index (χ3n) is 2.03. The summed E-state index contributed by atoms with van der Waals surface area (Å²) in [6.45, 7) is 0. The molecule has 0 nitrogen and oxygen atoms in total. The van der Waals surface area contributed by atoms with Gasteiger partial charge in [0, 0.05) is 13.8 Å². The molecule has 0 saturated carbocycles. The van der Waals surface area contributed by atoms with Gasteiger partial charge in [0.25, 0.3) is 0 Å². The molecule has 1 aromatic heterocycles. The first-order chi connectivity index (χ1) is 7.18. The number of alkyl halides is 1. The smallest absolute Gasteiger partial charge is 0.0938 e. The first-order valence-corrected chi connectivity index (χ1v) is 7.21. The molecule has 0 bridgehead atoms. The average Bonchev–Trinajstić information content (AvgIpc) is 2.69. The highest BCUT2D eigenvalue weighted by molar-refractivity contribution is 9.11. The molecule has 0 aliphatic carbocycles. The van der Waals surface area contributed by atoms with Crippen molar-refractivity contribution in [3.63, 3.8) is 0 Å². The average molecular weight is 367 g/mol. The van der Waals surface area contributed by atoms with Gasteiger partial charge in [0.15, 0.2) is 0 Å². The second-order valence-corrected chi connectivity index (χ2v) is 6.23. The van der Waals surface area contributed by atoms with Crippen LogP contribution in [0.5, 0.6) is 0 Å². The second-order valence-electron chi connectivity index (χ2n) is 3.04. The third kappa shape index (κ3) is 2.64. The van der Waals surface area contributed by atoms with Gasteiger partial charge >= 0.3 is 0 Å². The van der Waals surface area contributed by atoms with Crippen molar-refractivity contribution >= 4 is 54.8 Å². The highest BCUT2D eigenvalue weighted by Gasteiger charge is 2.14. The Morgan fingerprint density at radius 1 is 1.20 bits per heavy atom. The van der Waals surface area contributed by atoms with E-state index < -0.39 is 0 Å². The minimum atomic E-state index is -0.0764. The molecule has 1 unspecified atom stereocenters. The van der Waals surface area contributed by atoms with Crippen LogP contribution in [0.1, 0.15) is 15.8 Å². The Bertz CT molecular complexity index is 454. The van der Waals surface area contributed by atoms with Crippen LogP contribution >= 0.6 is 54.8 Å². The molecule has 1 heterocycles. The van der Waals surface area contributed by atoms with E-state index in [4.69, 9.17) is 11.6 Å². The number of hydrogen-bond acceptors (Lipinski definition) is 1. The summed E-state index contributed by atoms with van der Waals surface area (Å²) in [5.41, 5.74) is 1.10. The quantitative estimate of drug-likeness (QED) is 0.607. The lowest BCUT2D eigenvalue weighted by Gasteiger charge is -2.10. The summed E-state index contributed by atoms with van der Waals surface area (Å²) in [7, 11) is 0. The predicted molar refractivity (Wildman–Crippen MR) is 73.9 cm³/mol. The number of hydrogen-bond donors (Lipinski definition) is 0. The van der Waals surface area contributed by atoms with Gasteiger partial charge in [0.1, 0.15) is 0 Å². The van der Waals surface area contributed by atoms with E-state index in [1.165, 1.54) is 4.88 Å². The van der Waals surface area contributed by atoms with Crippen LogP contribution < -0.4 is 0 Å². The fourth-order valence-electron chi connectivity index (χ4n) is 1.30. The zero-order valence-corrected chi connectivity index (χ0v) is 12.3. The molecule has 0 amide bonds. The topological polar surface area (TPSA) is 0 Å². The van der Waals surface area contributed by atoms with E-state index in [1.54, 1.807) is 11.3 Å². The molecule has 2 rings (SSSR count). The molecular weight excluding hydrogens is 359 g/mol. The fourth-order valence-corrected chi connectivity index (χ4v) is 3.84. The van der Waals surface area contributed by atoms with Crippen LogP contribution in [0.3, 0.4) is 0 Å². The van der Waals surface area contributed by atoms with Crippen molar-refractivity contribution in [1.29, 1.82) is 0 Å². The summed E-state index contributed by atoms with van der Waals surface area (Å²) < 4.78 is 2.08. The summed E-state index contributed by atoms with van der Waals surface area (Å²) >= 11 is 15.0. The van der Waals surface area contributed by atoms with Crippen LogP contribution in [-0.4, -0.2) is 0 Å². The van der Waals surface area contributed by atoms with Crippen LogP contribution in [-0.2, 0) is 0 Å². The van der Waals surface area contributed by atoms with Crippen molar-refractivity contribution in [1.82, 2.24) is 0 Å². The van der Waals surface area contributed by atoms with Crippen LogP contribution in [0, 0.1) is 0 Å². The Balaban J connectivity index is 2.38. The molecule has 0 fully saturated rings. The number of thiophene rings is 1. The van der Waals surface area contributed by atoms with Gasteiger partial charge in [-0.15, -0.1) is 22.9 Å². The van der Waals surface area contributed by atoms with Crippen LogP contribution in [0.25, 0.3) is 0 Å². The summed E-state index contributed by atoms with van der Waals surface area (Å²) in [4.78, 5) is 1.17. The van der Waals surface area contributed by atoms with Gasteiger partial charge in [-0.25, -0.2) is 0 Å². The molecule has 0 saturated heterocycles. The summed E-state index contributed by atoms with van der Waals surface area (Å²) in [5.74, 6) is 0. The molecule has 78 valence electrons.